The number of hydrogen-bond donors (Lipinski definition) is 5. The highest BCUT2D eigenvalue weighted by molar-refractivity contribution is 5.51. The summed E-state index contributed by atoms with van der Waals surface area (Å²) in [5.41, 5.74) is 2.81. The van der Waals surface area contributed by atoms with E-state index in [2.05, 4.69) is 19.9 Å². The number of phenolic OH excluding ortho intramolecular Hbond substituents is 1. The summed E-state index contributed by atoms with van der Waals surface area (Å²) in [5, 5.41) is 51.0. The Labute approximate surface area is 183 Å². The fourth-order valence-electron chi connectivity index (χ4n) is 4.49. The molecule has 5 N–H and O–H groups in total. The monoisotopic (exact) mass is 436 g/mol. The number of aryl methyl sites for hydroxylation is 1. The maximum Gasteiger partial charge on any atom is 0.229 e. The van der Waals surface area contributed by atoms with E-state index < -0.39 is 37.3 Å². The van der Waals surface area contributed by atoms with Gasteiger partial charge in [0.1, 0.15) is 35.9 Å². The fourth-order valence-corrected chi connectivity index (χ4v) is 4.49. The minimum atomic E-state index is -1.52. The van der Waals surface area contributed by atoms with Gasteiger partial charge in [0.15, 0.2) is 0 Å². The Kier molecular flexibility index (Phi) is 8.36. The van der Waals surface area contributed by atoms with Gasteiger partial charge in [-0.15, -0.1) is 0 Å². The molecule has 1 aromatic carbocycles. The molecule has 1 fully saturated rings. The van der Waals surface area contributed by atoms with E-state index in [1.807, 2.05) is 6.07 Å². The molecule has 6 atom stereocenters. The first-order valence-corrected chi connectivity index (χ1v) is 11.4. The number of benzene rings is 1. The van der Waals surface area contributed by atoms with Crippen LogP contribution >= 0.6 is 0 Å². The van der Waals surface area contributed by atoms with E-state index in [-0.39, 0.29) is 11.7 Å². The van der Waals surface area contributed by atoms with E-state index in [1.54, 1.807) is 6.07 Å². The lowest BCUT2D eigenvalue weighted by atomic mass is 9.84. The zero-order valence-electron chi connectivity index (χ0n) is 18.4. The van der Waals surface area contributed by atoms with Gasteiger partial charge in [-0.2, -0.15) is 0 Å². The number of aliphatic hydroxyl groups excluding tert-OH is 4. The lowest BCUT2D eigenvalue weighted by Crippen LogP contribution is -2.60. The van der Waals surface area contributed by atoms with Crippen LogP contribution in [0.3, 0.4) is 0 Å². The first-order valence-electron chi connectivity index (χ1n) is 11.4. The molecule has 1 unspecified atom stereocenters. The number of allylic oxidation sites excluding steroid dienone is 2. The fraction of sp³-hybridized carbons (Fsp3) is 0.667. The Bertz CT molecular complexity index is 761. The van der Waals surface area contributed by atoms with Gasteiger partial charge in [0.05, 0.1) is 6.61 Å². The summed E-state index contributed by atoms with van der Waals surface area (Å²) in [5.74, 6) is 0.509. The van der Waals surface area contributed by atoms with Crippen molar-refractivity contribution < 1.29 is 35.0 Å². The standard InChI is InChI=1S/C24H36O7/c1-3-4-5-8-15-11-17(26)20(16-9-6-7-14(2)10-16)18(12-15)30-24-23(29)22(28)21(27)19(13-25)31-24/h10-12,16,19,21-29H,3-9,13H2,1-2H3/t16?,19-,21-,22+,23-,24-/m1/s1. The topological polar surface area (TPSA) is 120 Å². The van der Waals surface area contributed by atoms with Crippen LogP contribution in [-0.4, -0.2) is 62.8 Å². The number of unbranched alkanes of at least 4 members (excludes halogenated alkanes) is 2. The zero-order chi connectivity index (χ0) is 22.5. The van der Waals surface area contributed by atoms with E-state index in [9.17, 15) is 25.5 Å². The molecule has 31 heavy (non-hydrogen) atoms. The summed E-state index contributed by atoms with van der Waals surface area (Å²) in [4.78, 5) is 0. The minimum absolute atomic E-state index is 0.0293. The smallest absolute Gasteiger partial charge is 0.229 e. The van der Waals surface area contributed by atoms with E-state index in [1.165, 1.54) is 5.57 Å². The maximum absolute atomic E-state index is 10.9. The lowest BCUT2D eigenvalue weighted by Gasteiger charge is -2.40. The molecule has 0 spiro atoms. The maximum atomic E-state index is 10.9. The molecule has 0 aromatic heterocycles. The van der Waals surface area contributed by atoms with Crippen molar-refractivity contribution in [3.8, 4) is 11.5 Å². The van der Waals surface area contributed by atoms with Crippen LogP contribution in [-0.2, 0) is 11.2 Å². The number of ether oxygens (including phenoxy) is 2. The van der Waals surface area contributed by atoms with Gasteiger partial charge in [0, 0.05) is 11.5 Å². The van der Waals surface area contributed by atoms with E-state index >= 15 is 0 Å². The molecule has 174 valence electrons. The van der Waals surface area contributed by atoms with Crippen molar-refractivity contribution in [3.63, 3.8) is 0 Å². The van der Waals surface area contributed by atoms with Crippen LogP contribution in [0.4, 0.5) is 0 Å². The SMILES string of the molecule is CCCCCc1cc(O)c(C2C=C(C)CCC2)c(O[C@@H]2O[C@H](CO)[C@@H](O)[C@H](O)[C@H]2O)c1. The van der Waals surface area contributed by atoms with Crippen LogP contribution in [0.2, 0.25) is 0 Å². The van der Waals surface area contributed by atoms with Crippen molar-refractivity contribution in [2.45, 2.75) is 95.4 Å². The molecule has 2 aliphatic rings. The van der Waals surface area contributed by atoms with Gasteiger partial charge >= 0.3 is 0 Å². The van der Waals surface area contributed by atoms with Crippen molar-refractivity contribution in [2.24, 2.45) is 0 Å². The van der Waals surface area contributed by atoms with Crippen LogP contribution in [0.15, 0.2) is 23.8 Å². The molecule has 7 nitrogen and oxygen atoms in total. The molecule has 1 aromatic rings. The molecule has 0 radical (unpaired) electrons. The van der Waals surface area contributed by atoms with Crippen LogP contribution < -0.4 is 4.74 Å². The summed E-state index contributed by atoms with van der Waals surface area (Å²) in [6.07, 6.45) is 2.16. The van der Waals surface area contributed by atoms with Crippen LogP contribution in [0.1, 0.15) is 69.4 Å². The zero-order valence-corrected chi connectivity index (χ0v) is 18.4. The van der Waals surface area contributed by atoms with Crippen molar-refractivity contribution in [1.29, 1.82) is 0 Å². The molecular formula is C24H36O7. The third-order valence-electron chi connectivity index (χ3n) is 6.28. The molecule has 1 aliphatic carbocycles. The van der Waals surface area contributed by atoms with Gasteiger partial charge in [0.25, 0.3) is 0 Å². The molecule has 1 aliphatic heterocycles. The summed E-state index contributed by atoms with van der Waals surface area (Å²) < 4.78 is 11.6. The quantitative estimate of drug-likeness (QED) is 0.314. The molecule has 0 amide bonds. The van der Waals surface area contributed by atoms with E-state index in [4.69, 9.17) is 9.47 Å². The largest absolute Gasteiger partial charge is 0.507 e. The molecule has 1 saturated heterocycles. The molecule has 0 bridgehead atoms. The summed E-state index contributed by atoms with van der Waals surface area (Å²) in [7, 11) is 0. The second kappa shape index (κ2) is 10.8. The molecule has 7 heteroatoms. The highest BCUT2D eigenvalue weighted by Crippen LogP contribution is 2.43. The van der Waals surface area contributed by atoms with Crippen molar-refractivity contribution in [3.05, 3.63) is 34.9 Å². The van der Waals surface area contributed by atoms with Gasteiger partial charge < -0.3 is 35.0 Å². The Morgan fingerprint density at radius 2 is 1.87 bits per heavy atom. The predicted octanol–water partition coefficient (Wildman–Crippen LogP) is 2.52. The Morgan fingerprint density at radius 3 is 2.55 bits per heavy atom. The molecule has 3 rings (SSSR count). The molecular weight excluding hydrogens is 400 g/mol. The van der Waals surface area contributed by atoms with E-state index in [0.717, 1.165) is 50.5 Å². The predicted molar refractivity (Wildman–Crippen MR) is 116 cm³/mol. The number of aromatic hydroxyl groups is 1. The normalized spacial score (nSPS) is 31.4. The number of aliphatic hydroxyl groups is 4. The molecule has 0 saturated carbocycles. The summed E-state index contributed by atoms with van der Waals surface area (Å²) >= 11 is 0. The average Bonchev–Trinajstić information content (AvgIpc) is 2.74. The highest BCUT2D eigenvalue weighted by atomic mass is 16.7. The van der Waals surface area contributed by atoms with Gasteiger partial charge in [-0.05, 0) is 56.7 Å². The van der Waals surface area contributed by atoms with Crippen LogP contribution in [0.5, 0.6) is 11.5 Å². The first-order chi connectivity index (χ1) is 14.8. The molecule has 1 heterocycles. The van der Waals surface area contributed by atoms with Gasteiger partial charge in [0.2, 0.25) is 6.29 Å². The Balaban J connectivity index is 1.94. The Hall–Kier alpha value is -1.64. The second-order valence-corrected chi connectivity index (χ2v) is 8.81. The van der Waals surface area contributed by atoms with Crippen LogP contribution in [0.25, 0.3) is 0 Å². The van der Waals surface area contributed by atoms with Crippen LogP contribution in [0, 0.1) is 0 Å². The second-order valence-electron chi connectivity index (χ2n) is 8.81. The van der Waals surface area contributed by atoms with Crippen molar-refractivity contribution in [1.82, 2.24) is 0 Å². The number of hydrogen-bond acceptors (Lipinski definition) is 7. The van der Waals surface area contributed by atoms with Gasteiger partial charge in [-0.3, -0.25) is 0 Å². The first kappa shape index (κ1) is 24.0. The third-order valence-corrected chi connectivity index (χ3v) is 6.28. The van der Waals surface area contributed by atoms with E-state index in [0.29, 0.717) is 11.3 Å². The summed E-state index contributed by atoms with van der Waals surface area (Å²) in [6.45, 7) is 3.68. The van der Waals surface area contributed by atoms with Crippen molar-refractivity contribution in [2.75, 3.05) is 6.61 Å². The minimum Gasteiger partial charge on any atom is -0.507 e. The van der Waals surface area contributed by atoms with Crippen molar-refractivity contribution >= 4 is 0 Å². The van der Waals surface area contributed by atoms with Gasteiger partial charge in [-0.1, -0.05) is 31.4 Å². The average molecular weight is 437 g/mol. The summed E-state index contributed by atoms with van der Waals surface area (Å²) in [6, 6.07) is 3.65. The lowest BCUT2D eigenvalue weighted by molar-refractivity contribution is -0.277. The Morgan fingerprint density at radius 1 is 1.10 bits per heavy atom. The van der Waals surface area contributed by atoms with Gasteiger partial charge in [-0.25, -0.2) is 0 Å². The highest BCUT2D eigenvalue weighted by Gasteiger charge is 2.45. The third kappa shape index (κ3) is 5.59. The number of rotatable bonds is 8. The number of phenols is 1.